The van der Waals surface area contributed by atoms with E-state index in [1.807, 2.05) is 11.6 Å². The fourth-order valence-corrected chi connectivity index (χ4v) is 6.63. The highest BCUT2D eigenvalue weighted by atomic mass is 35.5. The quantitative estimate of drug-likeness (QED) is 0.793. The minimum atomic E-state index is -3.38. The molecular weight excluding hydrogens is 390 g/mol. The number of nitrogens with one attached hydrogen (secondary N) is 1. The van der Waals surface area contributed by atoms with Crippen molar-refractivity contribution in [1.29, 1.82) is 0 Å². The molecule has 2 fully saturated rings. The van der Waals surface area contributed by atoms with E-state index in [4.69, 9.17) is 11.6 Å². The summed E-state index contributed by atoms with van der Waals surface area (Å²) in [5, 5.41) is 3.69. The van der Waals surface area contributed by atoms with Crippen LogP contribution in [0.25, 0.3) is 0 Å². The molecule has 4 rings (SSSR count). The molecule has 1 unspecified atom stereocenters. The molecule has 8 heteroatoms. The van der Waals surface area contributed by atoms with Gasteiger partial charge in [0.25, 0.3) is 0 Å². The van der Waals surface area contributed by atoms with Crippen LogP contribution in [0.2, 0.25) is 5.02 Å². The molecule has 3 atom stereocenters. The molecule has 2 aliphatic rings. The van der Waals surface area contributed by atoms with E-state index in [0.29, 0.717) is 16.9 Å². The van der Waals surface area contributed by atoms with Crippen LogP contribution in [0, 0.1) is 11.8 Å². The van der Waals surface area contributed by atoms with E-state index in [1.165, 1.54) is 0 Å². The number of halogens is 1. The fraction of sp³-hybridized carbons (Fsp3) is 0.500. The molecule has 2 bridgehead atoms. The first kappa shape index (κ1) is 18.4. The van der Waals surface area contributed by atoms with Crippen molar-refractivity contribution in [3.63, 3.8) is 0 Å². The van der Waals surface area contributed by atoms with Crippen molar-refractivity contribution in [2.75, 3.05) is 13.1 Å². The highest BCUT2D eigenvalue weighted by Crippen LogP contribution is 2.38. The van der Waals surface area contributed by atoms with Gasteiger partial charge in [-0.1, -0.05) is 23.7 Å². The standard InChI is InChI=1S/C18H22ClN3O2S2/c19-16-3-1-2-13(8-16)12-26(23,24)21-18-14-4-5-15(18)10-22(9-14)11-17-20-6-7-25-17/h1-3,6-8,14-15,18,21H,4-5,9-12H2/t14-,15+,18?. The molecule has 0 amide bonds. The zero-order valence-corrected chi connectivity index (χ0v) is 16.7. The Morgan fingerprint density at radius 3 is 2.69 bits per heavy atom. The topological polar surface area (TPSA) is 62.3 Å². The van der Waals surface area contributed by atoms with Crippen LogP contribution < -0.4 is 4.72 Å². The molecule has 140 valence electrons. The Balaban J connectivity index is 1.39. The third-order valence-electron chi connectivity index (χ3n) is 5.31. The molecule has 1 saturated heterocycles. The summed E-state index contributed by atoms with van der Waals surface area (Å²) in [6.45, 7) is 2.73. The molecule has 1 aliphatic carbocycles. The van der Waals surface area contributed by atoms with Gasteiger partial charge in [-0.15, -0.1) is 11.3 Å². The van der Waals surface area contributed by atoms with Crippen molar-refractivity contribution in [3.05, 3.63) is 51.4 Å². The van der Waals surface area contributed by atoms with Gasteiger partial charge in [0, 0.05) is 35.7 Å². The summed E-state index contributed by atoms with van der Waals surface area (Å²) in [4.78, 5) is 6.79. The van der Waals surface area contributed by atoms with Gasteiger partial charge in [-0.05, 0) is 42.4 Å². The summed E-state index contributed by atoms with van der Waals surface area (Å²) in [6.07, 6.45) is 4.01. The van der Waals surface area contributed by atoms with E-state index < -0.39 is 10.0 Å². The maximum Gasteiger partial charge on any atom is 0.216 e. The van der Waals surface area contributed by atoms with E-state index >= 15 is 0 Å². The highest BCUT2D eigenvalue weighted by molar-refractivity contribution is 7.88. The van der Waals surface area contributed by atoms with Crippen LogP contribution in [0.4, 0.5) is 0 Å². The third kappa shape index (κ3) is 4.28. The number of nitrogens with zero attached hydrogens (tertiary/aromatic N) is 2. The largest absolute Gasteiger partial charge is 0.296 e. The SMILES string of the molecule is O=S(=O)(Cc1cccc(Cl)c1)NC1[C@@H]2CC[C@H]1CN(Cc1nccs1)C2. The van der Waals surface area contributed by atoms with E-state index in [9.17, 15) is 8.42 Å². The zero-order valence-electron chi connectivity index (χ0n) is 14.3. The zero-order chi connectivity index (χ0) is 18.1. The van der Waals surface area contributed by atoms with E-state index in [2.05, 4.69) is 14.6 Å². The van der Waals surface area contributed by atoms with E-state index in [1.54, 1.807) is 35.6 Å². The van der Waals surface area contributed by atoms with Gasteiger partial charge in [-0.2, -0.15) is 0 Å². The number of likely N-dealkylation sites (tertiary alicyclic amines) is 1. The number of sulfonamides is 1. The molecule has 26 heavy (non-hydrogen) atoms. The number of aromatic nitrogens is 1. The molecule has 2 aromatic rings. The molecule has 1 saturated carbocycles. The van der Waals surface area contributed by atoms with Gasteiger partial charge in [0.05, 0.1) is 12.3 Å². The Kier molecular flexibility index (Phi) is 5.34. The first-order valence-electron chi connectivity index (χ1n) is 8.84. The molecule has 0 radical (unpaired) electrons. The van der Waals surface area contributed by atoms with Crippen LogP contribution in [0.1, 0.15) is 23.4 Å². The van der Waals surface area contributed by atoms with Crippen LogP contribution >= 0.6 is 22.9 Å². The average molecular weight is 412 g/mol. The Labute approximate surface area is 163 Å². The van der Waals surface area contributed by atoms with Gasteiger partial charge in [0.2, 0.25) is 10.0 Å². The predicted octanol–water partition coefficient (Wildman–Crippen LogP) is 3.13. The van der Waals surface area contributed by atoms with Crippen LogP contribution in [-0.4, -0.2) is 37.4 Å². The lowest BCUT2D eigenvalue weighted by Gasteiger charge is -2.37. The summed E-state index contributed by atoms with van der Waals surface area (Å²) < 4.78 is 28.3. The van der Waals surface area contributed by atoms with Crippen molar-refractivity contribution in [1.82, 2.24) is 14.6 Å². The third-order valence-corrected chi connectivity index (χ3v) is 7.66. The Morgan fingerprint density at radius 2 is 2.04 bits per heavy atom. The van der Waals surface area contributed by atoms with Crippen molar-refractivity contribution in [2.24, 2.45) is 11.8 Å². The highest BCUT2D eigenvalue weighted by Gasteiger charge is 2.43. The second-order valence-electron chi connectivity index (χ2n) is 7.25. The molecule has 2 heterocycles. The number of rotatable bonds is 6. The first-order valence-corrected chi connectivity index (χ1v) is 11.7. The predicted molar refractivity (Wildman–Crippen MR) is 105 cm³/mol. The number of piperidine rings is 1. The molecule has 1 aliphatic heterocycles. The van der Waals surface area contributed by atoms with Gasteiger partial charge in [0.15, 0.2) is 0 Å². The summed E-state index contributed by atoms with van der Waals surface area (Å²) >= 11 is 7.65. The Hall–Kier alpha value is -0.990. The maximum atomic E-state index is 12.7. The van der Waals surface area contributed by atoms with E-state index in [-0.39, 0.29) is 11.8 Å². The Bertz CT molecular complexity index is 843. The smallest absolute Gasteiger partial charge is 0.216 e. The van der Waals surface area contributed by atoms with Crippen molar-refractivity contribution in [3.8, 4) is 0 Å². The lowest BCUT2D eigenvalue weighted by Crippen LogP contribution is -2.52. The van der Waals surface area contributed by atoms with Gasteiger partial charge in [-0.25, -0.2) is 18.1 Å². The van der Waals surface area contributed by atoms with Crippen molar-refractivity contribution in [2.45, 2.75) is 31.2 Å². The lowest BCUT2D eigenvalue weighted by molar-refractivity contribution is 0.133. The summed E-state index contributed by atoms with van der Waals surface area (Å²) in [7, 11) is -3.38. The monoisotopic (exact) mass is 411 g/mol. The maximum absolute atomic E-state index is 12.7. The lowest BCUT2D eigenvalue weighted by atomic mass is 9.93. The van der Waals surface area contributed by atoms with E-state index in [0.717, 1.165) is 43.0 Å². The second kappa shape index (κ2) is 7.56. The van der Waals surface area contributed by atoms with Crippen LogP contribution in [0.3, 0.4) is 0 Å². The molecule has 1 aromatic carbocycles. The van der Waals surface area contributed by atoms with Gasteiger partial charge in [0.1, 0.15) is 5.01 Å². The van der Waals surface area contributed by atoms with Gasteiger partial charge < -0.3 is 0 Å². The van der Waals surface area contributed by atoms with Crippen LogP contribution in [0.5, 0.6) is 0 Å². The number of benzene rings is 1. The fourth-order valence-electron chi connectivity index (χ4n) is 4.26. The van der Waals surface area contributed by atoms with Gasteiger partial charge in [-0.3, -0.25) is 4.90 Å². The van der Waals surface area contributed by atoms with Gasteiger partial charge >= 0.3 is 0 Å². The average Bonchev–Trinajstić information content (AvgIpc) is 3.13. The molecule has 0 spiro atoms. The summed E-state index contributed by atoms with van der Waals surface area (Å²) in [6, 6.07) is 7.10. The summed E-state index contributed by atoms with van der Waals surface area (Å²) in [5.74, 6) is 0.734. The number of fused-ring (bicyclic) bond motifs is 2. The first-order chi connectivity index (χ1) is 12.5. The molecule has 5 nitrogen and oxygen atoms in total. The number of hydrogen-bond acceptors (Lipinski definition) is 5. The molecular formula is C18H22ClN3O2S2. The Morgan fingerprint density at radius 1 is 1.27 bits per heavy atom. The normalized spacial score (nSPS) is 26.3. The summed E-state index contributed by atoms with van der Waals surface area (Å²) in [5.41, 5.74) is 0.721. The number of hydrogen-bond donors (Lipinski definition) is 1. The van der Waals surface area contributed by atoms with Crippen LogP contribution in [-0.2, 0) is 22.3 Å². The second-order valence-corrected chi connectivity index (χ2v) is 10.4. The number of thiazole rings is 1. The van der Waals surface area contributed by atoms with Crippen LogP contribution in [0.15, 0.2) is 35.8 Å². The molecule has 1 aromatic heterocycles. The minimum Gasteiger partial charge on any atom is -0.296 e. The molecule has 1 N–H and O–H groups in total. The van der Waals surface area contributed by atoms with Crippen molar-refractivity contribution >= 4 is 33.0 Å². The van der Waals surface area contributed by atoms with Crippen molar-refractivity contribution < 1.29 is 8.42 Å². The minimum absolute atomic E-state index is 0.0215.